The topological polar surface area (TPSA) is 79.8 Å². The van der Waals surface area contributed by atoms with E-state index in [0.29, 0.717) is 17.2 Å². The lowest BCUT2D eigenvalue weighted by atomic mass is 10.2. The largest absolute Gasteiger partial charge is 0.324 e. The molecule has 0 aliphatic heterocycles. The average Bonchev–Trinajstić information content (AvgIpc) is 2.69. The standard InChI is InChI=1S/C21H17N5O/c1-14-5-2-8-17(11-14)25-21-23-12-16(13-24-21)20(27)26-18-9-3-6-15-7-4-10-22-19(15)18/h2-13H,1H3,(H,26,27)(H,23,24,25). The molecule has 1 amide bonds. The molecule has 0 bridgehead atoms. The second-order valence-electron chi connectivity index (χ2n) is 6.12. The molecule has 132 valence electrons. The van der Waals surface area contributed by atoms with Gasteiger partial charge in [0.1, 0.15) is 0 Å². The molecular weight excluding hydrogens is 338 g/mol. The maximum atomic E-state index is 12.5. The van der Waals surface area contributed by atoms with Crippen LogP contribution >= 0.6 is 0 Å². The van der Waals surface area contributed by atoms with Crippen LogP contribution in [-0.2, 0) is 0 Å². The maximum Gasteiger partial charge on any atom is 0.258 e. The first kappa shape index (κ1) is 16.7. The minimum Gasteiger partial charge on any atom is -0.324 e. The summed E-state index contributed by atoms with van der Waals surface area (Å²) in [5.41, 5.74) is 3.80. The molecule has 0 radical (unpaired) electrons. The zero-order valence-corrected chi connectivity index (χ0v) is 14.7. The van der Waals surface area contributed by atoms with Crippen LogP contribution in [0, 0.1) is 6.92 Å². The van der Waals surface area contributed by atoms with Gasteiger partial charge in [-0.15, -0.1) is 0 Å². The number of para-hydroxylation sites is 1. The van der Waals surface area contributed by atoms with Crippen LogP contribution in [0.4, 0.5) is 17.3 Å². The van der Waals surface area contributed by atoms with Crippen LogP contribution in [0.2, 0.25) is 0 Å². The molecule has 4 aromatic rings. The Morgan fingerprint density at radius 1 is 0.926 bits per heavy atom. The molecule has 2 heterocycles. The van der Waals surface area contributed by atoms with Crippen molar-refractivity contribution in [2.75, 3.05) is 10.6 Å². The van der Waals surface area contributed by atoms with Crippen LogP contribution in [0.1, 0.15) is 15.9 Å². The van der Waals surface area contributed by atoms with Crippen molar-refractivity contribution in [1.82, 2.24) is 15.0 Å². The van der Waals surface area contributed by atoms with Gasteiger partial charge in [-0.05, 0) is 36.8 Å². The number of rotatable bonds is 4. The van der Waals surface area contributed by atoms with Gasteiger partial charge in [0, 0.05) is 29.7 Å². The van der Waals surface area contributed by atoms with Crippen LogP contribution in [0.25, 0.3) is 10.9 Å². The maximum absolute atomic E-state index is 12.5. The third-order valence-electron chi connectivity index (χ3n) is 4.07. The molecule has 0 saturated carbocycles. The fraction of sp³-hybridized carbons (Fsp3) is 0.0476. The van der Waals surface area contributed by atoms with Crippen molar-refractivity contribution in [3.05, 3.63) is 84.3 Å². The summed E-state index contributed by atoms with van der Waals surface area (Å²) in [7, 11) is 0. The van der Waals surface area contributed by atoms with E-state index in [0.717, 1.165) is 22.2 Å². The molecule has 2 aromatic heterocycles. The van der Waals surface area contributed by atoms with Crippen molar-refractivity contribution >= 4 is 34.1 Å². The number of pyridine rings is 1. The van der Waals surface area contributed by atoms with Crippen molar-refractivity contribution in [2.24, 2.45) is 0 Å². The number of aromatic nitrogens is 3. The van der Waals surface area contributed by atoms with E-state index in [9.17, 15) is 4.79 Å². The average molecular weight is 355 g/mol. The van der Waals surface area contributed by atoms with Crippen LogP contribution in [-0.4, -0.2) is 20.9 Å². The number of aryl methyl sites for hydroxylation is 1. The molecule has 0 atom stereocenters. The molecule has 0 aliphatic rings. The van der Waals surface area contributed by atoms with E-state index in [2.05, 4.69) is 25.6 Å². The number of hydrogen-bond donors (Lipinski definition) is 2. The van der Waals surface area contributed by atoms with E-state index in [4.69, 9.17) is 0 Å². The van der Waals surface area contributed by atoms with Gasteiger partial charge in [-0.1, -0.05) is 30.3 Å². The van der Waals surface area contributed by atoms with E-state index < -0.39 is 0 Å². The summed E-state index contributed by atoms with van der Waals surface area (Å²) in [5, 5.41) is 6.96. The Hall–Kier alpha value is -3.80. The zero-order valence-electron chi connectivity index (χ0n) is 14.7. The van der Waals surface area contributed by atoms with E-state index in [1.54, 1.807) is 6.20 Å². The van der Waals surface area contributed by atoms with E-state index in [-0.39, 0.29) is 5.91 Å². The first-order valence-electron chi connectivity index (χ1n) is 8.50. The van der Waals surface area contributed by atoms with Gasteiger partial charge in [-0.2, -0.15) is 0 Å². The fourth-order valence-corrected chi connectivity index (χ4v) is 2.76. The number of carbonyl (C=O) groups is 1. The summed E-state index contributed by atoms with van der Waals surface area (Å²) in [6.45, 7) is 2.02. The number of nitrogens with zero attached hydrogens (tertiary/aromatic N) is 3. The Bertz CT molecular complexity index is 1100. The monoisotopic (exact) mass is 355 g/mol. The molecule has 0 fully saturated rings. The van der Waals surface area contributed by atoms with Crippen molar-refractivity contribution in [1.29, 1.82) is 0 Å². The lowest BCUT2D eigenvalue weighted by Crippen LogP contribution is -2.13. The third kappa shape index (κ3) is 3.74. The SMILES string of the molecule is Cc1cccc(Nc2ncc(C(=O)Nc3cccc4cccnc34)cn2)c1. The van der Waals surface area contributed by atoms with Crippen LogP contribution in [0.15, 0.2) is 73.2 Å². The lowest BCUT2D eigenvalue weighted by molar-refractivity contribution is 0.102. The van der Waals surface area contributed by atoms with Gasteiger partial charge in [-0.3, -0.25) is 9.78 Å². The summed E-state index contributed by atoms with van der Waals surface area (Å²) in [5.74, 6) is 0.152. The Morgan fingerprint density at radius 2 is 1.70 bits per heavy atom. The summed E-state index contributed by atoms with van der Waals surface area (Å²) in [6.07, 6.45) is 4.70. The first-order chi connectivity index (χ1) is 13.2. The van der Waals surface area contributed by atoms with Gasteiger partial charge in [0.2, 0.25) is 5.95 Å². The number of hydrogen-bond acceptors (Lipinski definition) is 5. The summed E-state index contributed by atoms with van der Waals surface area (Å²) < 4.78 is 0. The molecule has 0 aliphatic carbocycles. The molecule has 0 saturated heterocycles. The molecule has 2 N–H and O–H groups in total. The number of anilines is 3. The Kier molecular flexibility index (Phi) is 4.45. The van der Waals surface area contributed by atoms with Crippen LogP contribution in [0.5, 0.6) is 0 Å². The Morgan fingerprint density at radius 3 is 2.52 bits per heavy atom. The van der Waals surface area contributed by atoms with Gasteiger partial charge in [0.25, 0.3) is 5.91 Å². The minimum absolute atomic E-state index is 0.282. The van der Waals surface area contributed by atoms with Gasteiger partial charge in [0.05, 0.1) is 16.8 Å². The second-order valence-corrected chi connectivity index (χ2v) is 6.12. The summed E-state index contributed by atoms with van der Waals surface area (Å²) in [4.78, 5) is 25.3. The number of benzene rings is 2. The Labute approximate surface area is 156 Å². The van der Waals surface area contributed by atoms with Gasteiger partial charge in [-0.25, -0.2) is 9.97 Å². The molecule has 0 spiro atoms. The summed E-state index contributed by atoms with van der Waals surface area (Å²) >= 11 is 0. The quantitative estimate of drug-likeness (QED) is 0.569. The third-order valence-corrected chi connectivity index (χ3v) is 4.07. The van der Waals surface area contributed by atoms with Crippen molar-refractivity contribution in [3.63, 3.8) is 0 Å². The van der Waals surface area contributed by atoms with Gasteiger partial charge in [0.15, 0.2) is 0 Å². The van der Waals surface area contributed by atoms with Crippen molar-refractivity contribution in [3.8, 4) is 0 Å². The zero-order chi connectivity index (χ0) is 18.6. The van der Waals surface area contributed by atoms with E-state index in [1.165, 1.54) is 12.4 Å². The van der Waals surface area contributed by atoms with Gasteiger partial charge < -0.3 is 10.6 Å². The number of fused-ring (bicyclic) bond motifs is 1. The molecule has 0 unspecified atom stereocenters. The minimum atomic E-state index is -0.282. The summed E-state index contributed by atoms with van der Waals surface area (Å²) in [6, 6.07) is 17.4. The predicted molar refractivity (Wildman–Crippen MR) is 106 cm³/mol. The Balaban J connectivity index is 1.51. The van der Waals surface area contributed by atoms with E-state index >= 15 is 0 Å². The molecule has 6 heteroatoms. The van der Waals surface area contributed by atoms with Crippen LogP contribution < -0.4 is 10.6 Å². The second kappa shape index (κ2) is 7.21. The van der Waals surface area contributed by atoms with E-state index in [1.807, 2.05) is 61.5 Å². The molecule has 6 nitrogen and oxygen atoms in total. The molecule has 2 aromatic carbocycles. The first-order valence-corrected chi connectivity index (χ1v) is 8.50. The highest BCUT2D eigenvalue weighted by atomic mass is 16.1. The van der Waals surface area contributed by atoms with Gasteiger partial charge >= 0.3 is 0 Å². The highest BCUT2D eigenvalue weighted by Gasteiger charge is 2.10. The number of amides is 1. The molecule has 27 heavy (non-hydrogen) atoms. The smallest absolute Gasteiger partial charge is 0.258 e. The number of carbonyl (C=O) groups excluding carboxylic acids is 1. The van der Waals surface area contributed by atoms with Crippen molar-refractivity contribution < 1.29 is 4.79 Å². The number of nitrogens with one attached hydrogen (secondary N) is 2. The highest BCUT2D eigenvalue weighted by Crippen LogP contribution is 2.21. The molecule has 4 rings (SSSR count). The fourth-order valence-electron chi connectivity index (χ4n) is 2.76. The molecular formula is C21H17N5O. The predicted octanol–water partition coefficient (Wildman–Crippen LogP) is 4.33. The van der Waals surface area contributed by atoms with Crippen LogP contribution in [0.3, 0.4) is 0 Å². The lowest BCUT2D eigenvalue weighted by Gasteiger charge is -2.09. The highest BCUT2D eigenvalue weighted by molar-refractivity contribution is 6.08. The van der Waals surface area contributed by atoms with Crippen molar-refractivity contribution in [2.45, 2.75) is 6.92 Å². The normalized spacial score (nSPS) is 10.6.